The summed E-state index contributed by atoms with van der Waals surface area (Å²) >= 11 is 0. The molecule has 2 aliphatic rings. The molecule has 17 heteroatoms. The van der Waals surface area contributed by atoms with Gasteiger partial charge >= 0.3 is 42.0 Å². The molecular weight excluding hydrogens is 873 g/mol. The molecule has 2 heterocycles. The van der Waals surface area contributed by atoms with Gasteiger partial charge < -0.3 is 47.4 Å². The molecule has 2 saturated heterocycles. The number of rotatable bonds is 17. The number of carbonyl (C=O) groups excluding carboxylic acids is 7. The van der Waals surface area contributed by atoms with Crippen LogP contribution in [-0.4, -0.2) is 92.8 Å². The Morgan fingerprint density at radius 1 is 0.478 bits per heavy atom. The first-order valence-electron chi connectivity index (χ1n) is 20.8. The van der Waals surface area contributed by atoms with E-state index in [-0.39, 0.29) is 71.7 Å². The quantitative estimate of drug-likeness (QED) is 0.0225. The van der Waals surface area contributed by atoms with E-state index in [0.29, 0.717) is 18.4 Å². The highest BCUT2D eigenvalue weighted by Crippen LogP contribution is 2.32. The van der Waals surface area contributed by atoms with E-state index in [4.69, 9.17) is 47.4 Å². The first-order chi connectivity index (χ1) is 32.4. The summed E-state index contributed by atoms with van der Waals surface area (Å²) in [4.78, 5) is 87.1. The maximum absolute atomic E-state index is 13.1. The Morgan fingerprint density at radius 2 is 0.806 bits per heavy atom. The van der Waals surface area contributed by atoms with E-state index in [9.17, 15) is 33.6 Å². The van der Waals surface area contributed by atoms with Gasteiger partial charge in [0.15, 0.2) is 12.2 Å². The van der Waals surface area contributed by atoms with Gasteiger partial charge in [0, 0.05) is 6.08 Å². The number of aryl methyl sites for hydroxylation is 1. The first kappa shape index (κ1) is 46.8. The average molecular weight is 915 g/mol. The van der Waals surface area contributed by atoms with Crippen LogP contribution in [0.25, 0.3) is 0 Å². The number of ether oxygens (including phenoxy) is 10. The molecule has 7 rings (SSSR count). The fourth-order valence-corrected chi connectivity index (χ4v) is 6.58. The third kappa shape index (κ3) is 12.8. The van der Waals surface area contributed by atoms with Crippen molar-refractivity contribution < 1.29 is 80.9 Å². The third-order valence-corrected chi connectivity index (χ3v) is 10.1. The minimum absolute atomic E-state index is 0.00861. The van der Waals surface area contributed by atoms with Crippen LogP contribution in [0.2, 0.25) is 0 Å². The number of carbonyl (C=O) groups is 7. The third-order valence-electron chi connectivity index (χ3n) is 10.1. The van der Waals surface area contributed by atoms with Crippen molar-refractivity contribution in [2.75, 3.05) is 26.4 Å². The molecule has 2 fully saturated rings. The van der Waals surface area contributed by atoms with Crippen LogP contribution in [0.3, 0.4) is 0 Å². The highest BCUT2D eigenvalue weighted by molar-refractivity contribution is 5.94. The Labute approximate surface area is 383 Å². The molecule has 0 spiro atoms. The Balaban J connectivity index is 0.811. The van der Waals surface area contributed by atoms with Gasteiger partial charge in [-0.05, 0) is 129 Å². The topological polar surface area (TPSA) is 212 Å². The second-order valence-electron chi connectivity index (χ2n) is 14.9. The smallest absolute Gasteiger partial charge is 0.463 e. The molecule has 2 unspecified atom stereocenters. The Bertz CT molecular complexity index is 2590. The lowest BCUT2D eigenvalue weighted by Gasteiger charge is -2.17. The highest BCUT2D eigenvalue weighted by Gasteiger charge is 2.51. The molecule has 0 aromatic heterocycles. The fourth-order valence-electron chi connectivity index (χ4n) is 6.58. The first-order valence-corrected chi connectivity index (χ1v) is 20.8. The van der Waals surface area contributed by atoms with Crippen molar-refractivity contribution in [2.45, 2.75) is 44.2 Å². The number of esters is 6. The minimum Gasteiger partial charge on any atom is -0.463 e. The molecular formula is C50H42O17. The number of hydrogen-bond acceptors (Lipinski definition) is 17. The van der Waals surface area contributed by atoms with E-state index in [2.05, 4.69) is 6.58 Å². The predicted molar refractivity (Wildman–Crippen MR) is 232 cm³/mol. The lowest BCUT2D eigenvalue weighted by Crippen LogP contribution is -2.36. The summed E-state index contributed by atoms with van der Waals surface area (Å²) in [6.07, 6.45) is -1.86. The van der Waals surface area contributed by atoms with E-state index in [1.807, 2.05) is 6.92 Å². The Hall–Kier alpha value is -8.15. The van der Waals surface area contributed by atoms with Crippen molar-refractivity contribution in [1.29, 1.82) is 0 Å². The normalized spacial score (nSPS) is 16.9. The highest BCUT2D eigenvalue weighted by atomic mass is 16.7. The van der Waals surface area contributed by atoms with Crippen LogP contribution in [0.5, 0.6) is 23.0 Å². The summed E-state index contributed by atoms with van der Waals surface area (Å²) in [5, 5.41) is 0. The zero-order valence-corrected chi connectivity index (χ0v) is 35.8. The summed E-state index contributed by atoms with van der Waals surface area (Å²) in [5.41, 5.74) is 2.10. The summed E-state index contributed by atoms with van der Waals surface area (Å²) in [5.74, 6) is -3.11. The van der Waals surface area contributed by atoms with Gasteiger partial charge in [-0.1, -0.05) is 24.3 Å². The summed E-state index contributed by atoms with van der Waals surface area (Å²) in [6, 6.07) is 29.8. The van der Waals surface area contributed by atoms with Crippen molar-refractivity contribution in [3.05, 3.63) is 167 Å². The maximum Gasteiger partial charge on any atom is 0.513 e. The van der Waals surface area contributed by atoms with Crippen LogP contribution < -0.4 is 18.9 Å². The molecule has 0 aliphatic carbocycles. The van der Waals surface area contributed by atoms with Crippen LogP contribution in [0.15, 0.2) is 134 Å². The molecule has 0 N–H and O–H groups in total. The molecule has 5 aromatic rings. The van der Waals surface area contributed by atoms with Gasteiger partial charge in [0.2, 0.25) is 0 Å². The maximum atomic E-state index is 13.1. The zero-order chi connectivity index (χ0) is 47.3. The molecule has 0 saturated carbocycles. The van der Waals surface area contributed by atoms with Crippen LogP contribution in [0.4, 0.5) is 4.79 Å². The van der Waals surface area contributed by atoms with Gasteiger partial charge in [-0.3, -0.25) is 0 Å². The van der Waals surface area contributed by atoms with Gasteiger partial charge in [0.25, 0.3) is 0 Å². The number of unbranched alkanes of at least 4 members (excludes halogenated alkanes) is 1. The predicted octanol–water partition coefficient (Wildman–Crippen LogP) is 7.23. The van der Waals surface area contributed by atoms with Crippen LogP contribution in [-0.2, 0) is 33.2 Å². The van der Waals surface area contributed by atoms with Crippen molar-refractivity contribution >= 4 is 42.0 Å². The fraction of sp³-hybridized carbons (Fsp3) is 0.220. The summed E-state index contributed by atoms with van der Waals surface area (Å²) in [6.45, 7) is 5.46. The molecule has 2 aliphatic heterocycles. The standard InChI is InChI=1S/C50H42O17/c1-3-42(51)58-26-4-5-27-59-50(57)65-39-24-16-33(17-25-39)47(54)63-36-18-10-32(11-19-36)46(53)64-38-22-14-35(15-23-38)49(56)67-41-29-61-43-40(28-60-44(41)43)66-48(55)34-12-20-37(21-13-34)62-45(52)31-8-6-30(2)7-9-31/h3,6-25,40-41,43-44H,1,4-5,26-29H2,2H3/t40-,41+,43?,44?/m1/s1. The molecule has 5 aromatic carbocycles. The second-order valence-corrected chi connectivity index (χ2v) is 14.9. The lowest BCUT2D eigenvalue weighted by molar-refractivity contribution is -0.137. The van der Waals surface area contributed by atoms with E-state index in [1.54, 1.807) is 24.3 Å². The van der Waals surface area contributed by atoms with Crippen LogP contribution in [0.1, 0.15) is 70.2 Å². The van der Waals surface area contributed by atoms with Crippen LogP contribution in [0, 0.1) is 6.92 Å². The van der Waals surface area contributed by atoms with Crippen LogP contribution >= 0.6 is 0 Å². The summed E-state index contributed by atoms with van der Waals surface area (Å²) < 4.78 is 54.2. The molecule has 344 valence electrons. The largest absolute Gasteiger partial charge is 0.513 e. The van der Waals surface area contributed by atoms with Gasteiger partial charge in [-0.2, -0.15) is 0 Å². The number of fused-ring (bicyclic) bond motifs is 1. The molecule has 0 bridgehead atoms. The van der Waals surface area contributed by atoms with Gasteiger partial charge in [0.05, 0.1) is 54.2 Å². The average Bonchev–Trinajstić information content (AvgIpc) is 3.93. The molecule has 67 heavy (non-hydrogen) atoms. The van der Waals surface area contributed by atoms with Crippen molar-refractivity contribution in [3.63, 3.8) is 0 Å². The Kier molecular flexibility index (Phi) is 15.5. The van der Waals surface area contributed by atoms with Gasteiger partial charge in [-0.25, -0.2) is 33.6 Å². The Morgan fingerprint density at radius 3 is 1.18 bits per heavy atom. The molecule has 0 amide bonds. The SMILES string of the molecule is C=CC(=O)OCCCCOC(=O)Oc1ccc(C(=O)Oc2ccc(C(=O)Oc3ccc(C(=O)O[C@H]4COC5C4OC[C@H]5OC(=O)c4ccc(OC(=O)c5ccc(C)cc5)cc4)cc3)cc2)cc1. The number of hydrogen-bond donors (Lipinski definition) is 0. The number of benzene rings is 5. The molecule has 4 atom stereocenters. The van der Waals surface area contributed by atoms with Crippen molar-refractivity contribution in [1.82, 2.24) is 0 Å². The molecule has 0 radical (unpaired) electrons. The monoisotopic (exact) mass is 914 g/mol. The van der Waals surface area contributed by atoms with Gasteiger partial charge in [0.1, 0.15) is 35.2 Å². The zero-order valence-electron chi connectivity index (χ0n) is 35.8. The lowest BCUT2D eigenvalue weighted by atomic mass is 10.1. The van der Waals surface area contributed by atoms with Crippen molar-refractivity contribution in [2.24, 2.45) is 0 Å². The van der Waals surface area contributed by atoms with Crippen molar-refractivity contribution in [3.8, 4) is 23.0 Å². The van der Waals surface area contributed by atoms with E-state index < -0.39 is 66.4 Å². The minimum atomic E-state index is -0.939. The van der Waals surface area contributed by atoms with Gasteiger partial charge in [-0.15, -0.1) is 0 Å². The molecule has 17 nitrogen and oxygen atoms in total. The van der Waals surface area contributed by atoms with E-state index in [0.717, 1.165) is 11.6 Å². The second kappa shape index (κ2) is 22.2. The summed E-state index contributed by atoms with van der Waals surface area (Å²) in [7, 11) is 0. The van der Waals surface area contributed by atoms with E-state index in [1.165, 1.54) is 97.1 Å². The van der Waals surface area contributed by atoms with E-state index >= 15 is 0 Å².